The third-order valence-electron chi connectivity index (χ3n) is 6.04. The normalized spacial score (nSPS) is 17.3. The molecule has 1 aromatic carbocycles. The largest absolute Gasteiger partial charge is 0.497 e. The molecule has 1 saturated heterocycles. The number of hydrogen-bond donors (Lipinski definition) is 0. The van der Waals surface area contributed by atoms with Crippen LogP contribution in [0, 0.1) is 0 Å². The summed E-state index contributed by atoms with van der Waals surface area (Å²) in [5, 5.41) is 3.82. The number of carbonyl (C=O) groups is 1. The number of aromatic nitrogens is 2. The van der Waals surface area contributed by atoms with Crippen LogP contribution in [0.3, 0.4) is 0 Å². The molecule has 1 fully saturated rings. The molecule has 2 aromatic rings. The van der Waals surface area contributed by atoms with Crippen LogP contribution in [-0.2, 0) is 12.6 Å². The van der Waals surface area contributed by atoms with Crippen LogP contribution in [-0.4, -0.2) is 65.3 Å². The summed E-state index contributed by atoms with van der Waals surface area (Å²) in [4.78, 5) is 17.3. The topological polar surface area (TPSA) is 50.6 Å². The van der Waals surface area contributed by atoms with Crippen LogP contribution in [0.15, 0.2) is 24.3 Å². The highest BCUT2D eigenvalue weighted by molar-refractivity contribution is 5.96. The van der Waals surface area contributed by atoms with Crippen LogP contribution in [0.25, 0.3) is 5.69 Å². The molecule has 2 aliphatic heterocycles. The van der Waals surface area contributed by atoms with E-state index >= 15 is 0 Å². The molecular weight excluding hydrogens is 409 g/mol. The molecule has 0 N–H and O–H groups in total. The molecule has 31 heavy (non-hydrogen) atoms. The minimum absolute atomic E-state index is 0.0124. The SMILES string of the molecule is COc1ccc(-n2nc(C(F)(F)F)c3c2C(=O)N(CCCCN2CCCC2)CC3)cc1. The van der Waals surface area contributed by atoms with Gasteiger partial charge in [0, 0.05) is 18.7 Å². The maximum Gasteiger partial charge on any atom is 0.435 e. The van der Waals surface area contributed by atoms with Gasteiger partial charge in [-0.25, -0.2) is 4.68 Å². The van der Waals surface area contributed by atoms with E-state index in [1.54, 1.807) is 29.2 Å². The van der Waals surface area contributed by atoms with E-state index in [1.807, 2.05) is 0 Å². The lowest BCUT2D eigenvalue weighted by molar-refractivity contribution is -0.142. The monoisotopic (exact) mass is 436 g/mol. The first-order valence-electron chi connectivity index (χ1n) is 10.7. The number of amides is 1. The first-order chi connectivity index (χ1) is 14.9. The number of halogens is 3. The van der Waals surface area contributed by atoms with Crippen molar-refractivity contribution in [1.82, 2.24) is 19.6 Å². The number of nitrogens with zero attached hydrogens (tertiary/aromatic N) is 4. The molecule has 0 saturated carbocycles. The van der Waals surface area contributed by atoms with E-state index in [0.717, 1.165) is 37.2 Å². The highest BCUT2D eigenvalue weighted by Crippen LogP contribution is 2.36. The van der Waals surface area contributed by atoms with Gasteiger partial charge in [0.2, 0.25) is 0 Å². The molecule has 3 heterocycles. The second-order valence-corrected chi connectivity index (χ2v) is 8.08. The van der Waals surface area contributed by atoms with Gasteiger partial charge in [-0.05, 0) is 76.0 Å². The van der Waals surface area contributed by atoms with Crippen LogP contribution in [0.4, 0.5) is 13.2 Å². The molecule has 2 aliphatic rings. The summed E-state index contributed by atoms with van der Waals surface area (Å²) in [6, 6.07) is 6.49. The Labute approximate surface area is 179 Å². The number of ether oxygens (including phenoxy) is 1. The fourth-order valence-corrected chi connectivity index (χ4v) is 4.40. The van der Waals surface area contributed by atoms with Gasteiger partial charge in [-0.2, -0.15) is 18.3 Å². The van der Waals surface area contributed by atoms with Crippen LogP contribution in [0.5, 0.6) is 5.75 Å². The molecule has 0 aliphatic carbocycles. The van der Waals surface area contributed by atoms with Crippen molar-refractivity contribution < 1.29 is 22.7 Å². The van der Waals surface area contributed by atoms with E-state index in [-0.39, 0.29) is 30.1 Å². The molecular formula is C22H27F3N4O2. The van der Waals surface area contributed by atoms with Crippen molar-refractivity contribution in [2.24, 2.45) is 0 Å². The van der Waals surface area contributed by atoms with Gasteiger partial charge in [0.05, 0.1) is 12.8 Å². The number of benzene rings is 1. The van der Waals surface area contributed by atoms with E-state index < -0.39 is 11.9 Å². The molecule has 1 aromatic heterocycles. The number of rotatable bonds is 7. The van der Waals surface area contributed by atoms with Crippen LogP contribution in [0.2, 0.25) is 0 Å². The van der Waals surface area contributed by atoms with Gasteiger partial charge < -0.3 is 14.5 Å². The lowest BCUT2D eigenvalue weighted by Crippen LogP contribution is -2.39. The van der Waals surface area contributed by atoms with E-state index in [1.165, 1.54) is 20.0 Å². The van der Waals surface area contributed by atoms with E-state index in [4.69, 9.17) is 4.74 Å². The zero-order valence-electron chi connectivity index (χ0n) is 17.6. The number of unbranched alkanes of at least 4 members (excludes halogenated alkanes) is 1. The van der Waals surface area contributed by atoms with Gasteiger partial charge in [-0.15, -0.1) is 0 Å². The highest BCUT2D eigenvalue weighted by Gasteiger charge is 2.43. The summed E-state index contributed by atoms with van der Waals surface area (Å²) in [5.74, 6) is 0.188. The van der Waals surface area contributed by atoms with Crippen molar-refractivity contribution in [3.05, 3.63) is 41.2 Å². The Hall–Kier alpha value is -2.55. The number of alkyl halides is 3. The molecule has 0 bridgehead atoms. The number of likely N-dealkylation sites (tertiary alicyclic amines) is 1. The van der Waals surface area contributed by atoms with Gasteiger partial charge in [0.1, 0.15) is 11.4 Å². The van der Waals surface area contributed by atoms with E-state index in [0.29, 0.717) is 18.0 Å². The van der Waals surface area contributed by atoms with Crippen molar-refractivity contribution in [1.29, 1.82) is 0 Å². The standard InChI is InChI=1S/C22H27F3N4O2/c1-31-17-8-6-16(7-9-17)29-19-18(20(26-29)22(23,24)25)10-15-28(21(19)30)14-5-4-13-27-11-2-3-12-27/h6-9H,2-5,10-15H2,1H3. The van der Waals surface area contributed by atoms with Gasteiger partial charge in [-0.1, -0.05) is 0 Å². The molecule has 168 valence electrons. The van der Waals surface area contributed by atoms with Gasteiger partial charge in [0.15, 0.2) is 5.69 Å². The zero-order chi connectivity index (χ0) is 22.0. The number of hydrogen-bond acceptors (Lipinski definition) is 4. The van der Waals surface area contributed by atoms with Gasteiger partial charge in [-0.3, -0.25) is 4.79 Å². The average molecular weight is 436 g/mol. The average Bonchev–Trinajstić information content (AvgIpc) is 3.40. The Kier molecular flexibility index (Phi) is 6.22. The second-order valence-electron chi connectivity index (χ2n) is 8.08. The number of fused-ring (bicyclic) bond motifs is 1. The Bertz CT molecular complexity index is 918. The molecule has 4 rings (SSSR count). The molecule has 0 unspecified atom stereocenters. The molecule has 9 heteroatoms. The summed E-state index contributed by atoms with van der Waals surface area (Å²) in [7, 11) is 1.51. The first kappa shape index (κ1) is 21.7. The molecule has 6 nitrogen and oxygen atoms in total. The number of carbonyl (C=O) groups excluding carboxylic acids is 1. The van der Waals surface area contributed by atoms with E-state index in [9.17, 15) is 18.0 Å². The molecule has 0 spiro atoms. The highest BCUT2D eigenvalue weighted by atomic mass is 19.4. The van der Waals surface area contributed by atoms with Gasteiger partial charge in [0.25, 0.3) is 5.91 Å². The maximum absolute atomic E-state index is 13.6. The third kappa shape index (κ3) is 4.56. The van der Waals surface area contributed by atoms with Crippen molar-refractivity contribution in [3.63, 3.8) is 0 Å². The van der Waals surface area contributed by atoms with Gasteiger partial charge >= 0.3 is 6.18 Å². The second kappa shape index (κ2) is 8.90. The fourth-order valence-electron chi connectivity index (χ4n) is 4.40. The fraction of sp³-hybridized carbons (Fsp3) is 0.545. The van der Waals surface area contributed by atoms with Crippen LogP contribution >= 0.6 is 0 Å². The molecule has 1 amide bonds. The lowest BCUT2D eigenvalue weighted by Gasteiger charge is -2.28. The Morgan fingerprint density at radius 3 is 2.35 bits per heavy atom. The first-order valence-corrected chi connectivity index (χ1v) is 10.7. The summed E-state index contributed by atoms with van der Waals surface area (Å²) in [5.41, 5.74) is -0.568. The minimum atomic E-state index is -4.61. The zero-order valence-corrected chi connectivity index (χ0v) is 17.6. The molecule has 0 radical (unpaired) electrons. The van der Waals surface area contributed by atoms with E-state index in [2.05, 4.69) is 10.00 Å². The quantitative estimate of drug-likeness (QED) is 0.620. The predicted octanol–water partition coefficient (Wildman–Crippen LogP) is 3.77. The summed E-state index contributed by atoms with van der Waals surface area (Å²) in [6.45, 7) is 4.10. The van der Waals surface area contributed by atoms with Crippen molar-refractivity contribution >= 4 is 5.91 Å². The van der Waals surface area contributed by atoms with Crippen LogP contribution in [0.1, 0.15) is 47.4 Å². The Balaban J connectivity index is 1.55. The summed E-state index contributed by atoms with van der Waals surface area (Å²) in [6.07, 6.45) is -0.171. The lowest BCUT2D eigenvalue weighted by atomic mass is 10.0. The smallest absolute Gasteiger partial charge is 0.435 e. The Morgan fingerprint density at radius 2 is 1.71 bits per heavy atom. The van der Waals surface area contributed by atoms with Crippen molar-refractivity contribution in [2.75, 3.05) is 39.8 Å². The summed E-state index contributed by atoms with van der Waals surface area (Å²) >= 11 is 0. The van der Waals surface area contributed by atoms with Crippen molar-refractivity contribution in [2.45, 2.75) is 38.3 Å². The van der Waals surface area contributed by atoms with Crippen molar-refractivity contribution in [3.8, 4) is 11.4 Å². The van der Waals surface area contributed by atoms with Crippen LogP contribution < -0.4 is 4.74 Å². The summed E-state index contributed by atoms with van der Waals surface area (Å²) < 4.78 is 47.1. The molecule has 0 atom stereocenters. The maximum atomic E-state index is 13.6. The third-order valence-corrected chi connectivity index (χ3v) is 6.04. The number of methoxy groups -OCH3 is 1. The Morgan fingerprint density at radius 1 is 1.03 bits per heavy atom. The minimum Gasteiger partial charge on any atom is -0.497 e. The predicted molar refractivity (Wildman–Crippen MR) is 110 cm³/mol.